The van der Waals surface area contributed by atoms with Crippen molar-refractivity contribution in [2.24, 2.45) is 11.8 Å². The lowest BCUT2D eigenvalue weighted by atomic mass is 10.2. The first-order valence-electron chi connectivity index (χ1n) is 6.77. The lowest BCUT2D eigenvalue weighted by Crippen LogP contribution is -2.44. The van der Waals surface area contributed by atoms with Crippen LogP contribution >= 0.6 is 0 Å². The van der Waals surface area contributed by atoms with Crippen molar-refractivity contribution < 1.29 is 14.7 Å². The molecule has 0 aromatic heterocycles. The van der Waals surface area contributed by atoms with E-state index in [-0.39, 0.29) is 12.6 Å². The van der Waals surface area contributed by atoms with Crippen molar-refractivity contribution in [1.29, 1.82) is 0 Å². The molecule has 2 amide bonds. The van der Waals surface area contributed by atoms with Gasteiger partial charge in [0, 0.05) is 19.1 Å². The highest BCUT2D eigenvalue weighted by Crippen LogP contribution is 2.34. The molecule has 0 aliphatic heterocycles. The van der Waals surface area contributed by atoms with Crippen LogP contribution in [0.5, 0.6) is 0 Å². The molecule has 0 aromatic rings. The van der Waals surface area contributed by atoms with Crippen LogP contribution in [0.4, 0.5) is 4.79 Å². The van der Waals surface area contributed by atoms with Crippen LogP contribution in [0.1, 0.15) is 40.0 Å². The molecular formula is C13H24N2O3. The van der Waals surface area contributed by atoms with Crippen LogP contribution in [0.25, 0.3) is 0 Å². The smallest absolute Gasteiger partial charge is 0.317 e. The first-order valence-corrected chi connectivity index (χ1v) is 6.77. The predicted octanol–water partition coefficient (Wildman–Crippen LogP) is 1.93. The van der Waals surface area contributed by atoms with Crippen molar-refractivity contribution in [1.82, 2.24) is 10.2 Å². The third-order valence-corrected chi connectivity index (χ3v) is 3.48. The molecular weight excluding hydrogens is 232 g/mol. The van der Waals surface area contributed by atoms with Crippen LogP contribution in [0.2, 0.25) is 0 Å². The quantitative estimate of drug-likeness (QED) is 0.731. The van der Waals surface area contributed by atoms with Gasteiger partial charge in [-0.2, -0.15) is 0 Å². The number of rotatable bonds is 7. The number of carbonyl (C=O) groups is 2. The normalized spacial score (nSPS) is 23.3. The van der Waals surface area contributed by atoms with Gasteiger partial charge >= 0.3 is 12.0 Å². The minimum Gasteiger partial charge on any atom is -0.481 e. The summed E-state index contributed by atoms with van der Waals surface area (Å²) in [4.78, 5) is 24.3. The van der Waals surface area contributed by atoms with E-state index < -0.39 is 11.9 Å². The molecule has 0 spiro atoms. The number of carboxylic acids is 1. The Hall–Kier alpha value is -1.26. The Morgan fingerprint density at radius 1 is 1.44 bits per heavy atom. The molecule has 0 radical (unpaired) electrons. The van der Waals surface area contributed by atoms with E-state index in [1.54, 1.807) is 11.8 Å². The fraction of sp³-hybridized carbons (Fsp3) is 0.846. The first-order chi connectivity index (χ1) is 8.49. The van der Waals surface area contributed by atoms with Crippen molar-refractivity contribution in [2.75, 3.05) is 13.1 Å². The van der Waals surface area contributed by atoms with Crippen molar-refractivity contribution in [2.45, 2.75) is 46.1 Å². The van der Waals surface area contributed by atoms with E-state index >= 15 is 0 Å². The van der Waals surface area contributed by atoms with Gasteiger partial charge < -0.3 is 15.3 Å². The molecule has 3 unspecified atom stereocenters. The SMILES string of the molecule is CCCC1CC1NC(=O)N(CC)CC(C)C(=O)O. The van der Waals surface area contributed by atoms with E-state index in [2.05, 4.69) is 12.2 Å². The van der Waals surface area contributed by atoms with Gasteiger partial charge in [0.05, 0.1) is 5.92 Å². The highest BCUT2D eigenvalue weighted by Gasteiger charge is 2.38. The van der Waals surface area contributed by atoms with Crippen LogP contribution in [0, 0.1) is 11.8 Å². The van der Waals surface area contributed by atoms with Crippen LogP contribution in [-0.4, -0.2) is 41.1 Å². The summed E-state index contributed by atoms with van der Waals surface area (Å²) in [5.74, 6) is -0.771. The van der Waals surface area contributed by atoms with Crippen molar-refractivity contribution >= 4 is 12.0 Å². The summed E-state index contributed by atoms with van der Waals surface area (Å²) in [6, 6.07) is 0.167. The molecule has 104 valence electrons. The lowest BCUT2D eigenvalue weighted by molar-refractivity contribution is -0.141. The van der Waals surface area contributed by atoms with E-state index in [9.17, 15) is 9.59 Å². The molecule has 5 heteroatoms. The van der Waals surface area contributed by atoms with Crippen molar-refractivity contribution in [3.8, 4) is 0 Å². The number of aliphatic carboxylic acids is 1. The number of hydrogen-bond acceptors (Lipinski definition) is 2. The Balaban J connectivity index is 2.36. The van der Waals surface area contributed by atoms with Crippen LogP contribution in [0.15, 0.2) is 0 Å². The standard InChI is InChI=1S/C13H24N2O3/c1-4-6-10-7-11(10)14-13(18)15(5-2)8-9(3)12(16)17/h9-11H,4-8H2,1-3H3,(H,14,18)(H,16,17). The summed E-state index contributed by atoms with van der Waals surface area (Å²) < 4.78 is 0. The maximum atomic E-state index is 12.0. The molecule has 18 heavy (non-hydrogen) atoms. The summed E-state index contributed by atoms with van der Waals surface area (Å²) in [6.07, 6.45) is 3.36. The summed E-state index contributed by atoms with van der Waals surface area (Å²) in [6.45, 7) is 6.43. The fourth-order valence-electron chi connectivity index (χ4n) is 2.13. The minimum absolute atomic E-state index is 0.130. The van der Waals surface area contributed by atoms with Gasteiger partial charge in [0.25, 0.3) is 0 Å². The van der Waals surface area contributed by atoms with Crippen LogP contribution in [0.3, 0.4) is 0 Å². The molecule has 1 aliphatic carbocycles. The largest absolute Gasteiger partial charge is 0.481 e. The maximum Gasteiger partial charge on any atom is 0.317 e. The maximum absolute atomic E-state index is 12.0. The fourth-order valence-corrected chi connectivity index (χ4v) is 2.13. The Morgan fingerprint density at radius 2 is 2.11 bits per heavy atom. The van der Waals surface area contributed by atoms with Gasteiger partial charge in [-0.05, 0) is 25.7 Å². The predicted molar refractivity (Wildman–Crippen MR) is 69.4 cm³/mol. The van der Waals surface area contributed by atoms with Crippen molar-refractivity contribution in [3.05, 3.63) is 0 Å². The highest BCUT2D eigenvalue weighted by molar-refractivity contribution is 5.76. The van der Waals surface area contributed by atoms with Gasteiger partial charge in [-0.1, -0.05) is 20.3 Å². The number of nitrogens with zero attached hydrogens (tertiary/aromatic N) is 1. The topological polar surface area (TPSA) is 69.6 Å². The molecule has 5 nitrogen and oxygen atoms in total. The summed E-state index contributed by atoms with van der Waals surface area (Å²) in [7, 11) is 0. The van der Waals surface area contributed by atoms with E-state index in [1.807, 2.05) is 6.92 Å². The molecule has 1 fully saturated rings. The molecule has 0 saturated heterocycles. The third kappa shape index (κ3) is 4.20. The number of amides is 2. The second-order valence-electron chi connectivity index (χ2n) is 5.12. The zero-order chi connectivity index (χ0) is 13.7. The van der Waals surface area contributed by atoms with Gasteiger partial charge in [0.15, 0.2) is 0 Å². The van der Waals surface area contributed by atoms with E-state index in [0.717, 1.165) is 19.3 Å². The molecule has 0 bridgehead atoms. The second kappa shape index (κ2) is 6.61. The van der Waals surface area contributed by atoms with Crippen LogP contribution in [-0.2, 0) is 4.79 Å². The summed E-state index contributed by atoms with van der Waals surface area (Å²) >= 11 is 0. The summed E-state index contributed by atoms with van der Waals surface area (Å²) in [5.41, 5.74) is 0. The molecule has 1 aliphatic rings. The number of hydrogen-bond donors (Lipinski definition) is 2. The zero-order valence-corrected chi connectivity index (χ0v) is 11.5. The van der Waals surface area contributed by atoms with Gasteiger partial charge in [-0.25, -0.2) is 4.79 Å². The second-order valence-corrected chi connectivity index (χ2v) is 5.12. The van der Waals surface area contributed by atoms with Gasteiger partial charge in [-0.3, -0.25) is 4.79 Å². The number of carbonyl (C=O) groups excluding carboxylic acids is 1. The molecule has 2 N–H and O–H groups in total. The number of urea groups is 1. The molecule has 3 atom stereocenters. The Kier molecular flexibility index (Phi) is 5.44. The monoisotopic (exact) mass is 256 g/mol. The number of nitrogens with one attached hydrogen (secondary N) is 1. The average Bonchev–Trinajstić information content (AvgIpc) is 3.03. The Bertz CT molecular complexity index is 307. The minimum atomic E-state index is -0.864. The Morgan fingerprint density at radius 3 is 2.61 bits per heavy atom. The third-order valence-electron chi connectivity index (χ3n) is 3.48. The zero-order valence-electron chi connectivity index (χ0n) is 11.5. The van der Waals surface area contributed by atoms with E-state index in [0.29, 0.717) is 18.5 Å². The first kappa shape index (κ1) is 14.8. The van der Waals surface area contributed by atoms with Crippen molar-refractivity contribution in [3.63, 3.8) is 0 Å². The average molecular weight is 256 g/mol. The highest BCUT2D eigenvalue weighted by atomic mass is 16.4. The van der Waals surface area contributed by atoms with Gasteiger partial charge in [0.2, 0.25) is 0 Å². The van der Waals surface area contributed by atoms with E-state index in [1.165, 1.54) is 0 Å². The van der Waals surface area contributed by atoms with E-state index in [4.69, 9.17) is 5.11 Å². The molecule has 0 aromatic carbocycles. The summed E-state index contributed by atoms with van der Waals surface area (Å²) in [5, 5.41) is 11.8. The number of carboxylic acid groups (broad SMARTS) is 1. The van der Waals surface area contributed by atoms with Crippen LogP contribution < -0.4 is 5.32 Å². The lowest BCUT2D eigenvalue weighted by Gasteiger charge is -2.23. The molecule has 1 rings (SSSR count). The van der Waals surface area contributed by atoms with Gasteiger partial charge in [-0.15, -0.1) is 0 Å². The van der Waals surface area contributed by atoms with Gasteiger partial charge in [0.1, 0.15) is 0 Å². The molecule has 0 heterocycles. The molecule has 1 saturated carbocycles. The Labute approximate surface area is 109 Å².